The van der Waals surface area contributed by atoms with E-state index < -0.39 is 52.4 Å². The Balaban J connectivity index is 2.38. The average molecular weight is 436 g/mol. The van der Waals surface area contributed by atoms with Gasteiger partial charge in [0.15, 0.2) is 11.6 Å². The number of nitrogen functional groups attached to an aromatic ring is 1. The number of nitrogens with two attached hydrogens (primary N) is 1. The highest BCUT2D eigenvalue weighted by Crippen LogP contribution is 2.38. The number of amides is 2. The lowest BCUT2D eigenvalue weighted by Gasteiger charge is -2.19. The number of alkyl halides is 3. The summed E-state index contributed by atoms with van der Waals surface area (Å²) in [7, 11) is 0. The van der Waals surface area contributed by atoms with Crippen LogP contribution >= 0.6 is 15.9 Å². The van der Waals surface area contributed by atoms with Crippen molar-refractivity contribution in [2.45, 2.75) is 6.36 Å². The van der Waals surface area contributed by atoms with Crippen molar-refractivity contribution in [1.29, 1.82) is 0 Å². The number of pyridine rings is 1. The minimum Gasteiger partial charge on any atom is -0.400 e. The number of nitrogens with one attached hydrogen (secondary N) is 1. The van der Waals surface area contributed by atoms with Crippen molar-refractivity contribution in [2.24, 2.45) is 0 Å². The van der Waals surface area contributed by atoms with Gasteiger partial charge in [0.1, 0.15) is 11.5 Å². The second-order valence-electron chi connectivity index (χ2n) is 5.03. The van der Waals surface area contributed by atoms with Gasteiger partial charge in [0, 0.05) is 10.5 Å². The number of nitrogens with zero attached hydrogens (tertiary/aromatic N) is 1. The topological polar surface area (TPSA) is 103 Å². The van der Waals surface area contributed by atoms with Crippen molar-refractivity contribution in [2.75, 3.05) is 5.73 Å². The van der Waals surface area contributed by atoms with Gasteiger partial charge in [-0.1, -0.05) is 0 Å². The molecule has 0 saturated heterocycles. The Morgan fingerprint density at radius 3 is 2.42 bits per heavy atom. The molecule has 12 heteroatoms. The van der Waals surface area contributed by atoms with Crippen LogP contribution in [0.3, 0.4) is 0 Å². The first-order chi connectivity index (χ1) is 12.0. The lowest BCUT2D eigenvalue weighted by atomic mass is 10.1. The standard InChI is InChI=1S/C14H6BrF4N3O4/c15-5-1-2-6(16)10(26-14(17,18)19)9(5)22-7(23)3-4-8(11(22)20)13(25)21-12(4)24/h1-3H,20H2,(H,21,24,25). The quantitative estimate of drug-likeness (QED) is 0.555. The first kappa shape index (κ1) is 17.9. The van der Waals surface area contributed by atoms with E-state index in [-0.39, 0.29) is 10.0 Å². The molecule has 0 bridgehead atoms. The number of carbonyl (C=O) groups excluding carboxylic acids is 2. The first-order valence-corrected chi connectivity index (χ1v) is 7.46. The maximum Gasteiger partial charge on any atom is 0.573 e. The number of rotatable bonds is 2. The molecule has 0 atom stereocenters. The molecule has 2 aromatic rings. The number of fused-ring (bicyclic) bond motifs is 1. The van der Waals surface area contributed by atoms with Crippen molar-refractivity contribution in [1.82, 2.24) is 9.88 Å². The molecular formula is C14H6BrF4N3O4. The number of anilines is 1. The SMILES string of the molecule is Nc1c2c(cc(=O)n1-c1c(Br)ccc(F)c1OC(F)(F)F)C(=O)NC2=O. The Kier molecular flexibility index (Phi) is 4.02. The summed E-state index contributed by atoms with van der Waals surface area (Å²) >= 11 is 2.90. The van der Waals surface area contributed by atoms with Gasteiger partial charge in [0.05, 0.1) is 11.1 Å². The summed E-state index contributed by atoms with van der Waals surface area (Å²) in [5.74, 6) is -5.22. The van der Waals surface area contributed by atoms with Crippen LogP contribution in [0.5, 0.6) is 5.75 Å². The van der Waals surface area contributed by atoms with E-state index in [4.69, 9.17) is 5.73 Å². The molecule has 1 aromatic heterocycles. The van der Waals surface area contributed by atoms with E-state index >= 15 is 0 Å². The Morgan fingerprint density at radius 2 is 1.81 bits per heavy atom. The van der Waals surface area contributed by atoms with Gasteiger partial charge in [-0.3, -0.25) is 24.3 Å². The molecule has 2 amide bonds. The van der Waals surface area contributed by atoms with Gasteiger partial charge in [-0.15, -0.1) is 13.2 Å². The van der Waals surface area contributed by atoms with Gasteiger partial charge >= 0.3 is 6.36 Å². The fraction of sp³-hybridized carbons (Fsp3) is 0.0714. The van der Waals surface area contributed by atoms with Crippen LogP contribution in [0.15, 0.2) is 27.5 Å². The molecule has 0 fully saturated rings. The number of aromatic nitrogens is 1. The minimum atomic E-state index is -5.27. The number of carbonyl (C=O) groups is 2. The third-order valence-corrected chi connectivity index (χ3v) is 4.07. The second kappa shape index (κ2) is 5.83. The lowest BCUT2D eigenvalue weighted by Crippen LogP contribution is -2.26. The molecule has 2 heterocycles. The summed E-state index contributed by atoms with van der Waals surface area (Å²) in [5.41, 5.74) is 3.22. The van der Waals surface area contributed by atoms with E-state index in [0.717, 1.165) is 6.07 Å². The number of benzene rings is 1. The van der Waals surface area contributed by atoms with Crippen molar-refractivity contribution >= 4 is 33.6 Å². The van der Waals surface area contributed by atoms with E-state index in [1.807, 2.05) is 5.32 Å². The van der Waals surface area contributed by atoms with Crippen LogP contribution in [-0.2, 0) is 0 Å². The van der Waals surface area contributed by atoms with Crippen LogP contribution in [0, 0.1) is 5.82 Å². The van der Waals surface area contributed by atoms with Crippen LogP contribution in [0.25, 0.3) is 5.69 Å². The maximum atomic E-state index is 14.0. The number of ether oxygens (including phenoxy) is 1. The highest BCUT2D eigenvalue weighted by molar-refractivity contribution is 9.10. The fourth-order valence-corrected chi connectivity index (χ4v) is 2.94. The molecule has 7 nitrogen and oxygen atoms in total. The predicted octanol–water partition coefficient (Wildman–Crippen LogP) is 2.10. The van der Waals surface area contributed by atoms with Gasteiger partial charge in [-0.25, -0.2) is 4.39 Å². The first-order valence-electron chi connectivity index (χ1n) is 6.66. The average Bonchev–Trinajstić information content (AvgIpc) is 2.78. The third-order valence-electron chi connectivity index (χ3n) is 3.43. The molecule has 136 valence electrons. The summed E-state index contributed by atoms with van der Waals surface area (Å²) in [6, 6.07) is 2.42. The number of imide groups is 1. The summed E-state index contributed by atoms with van der Waals surface area (Å²) in [6.45, 7) is 0. The van der Waals surface area contributed by atoms with E-state index in [1.54, 1.807) is 0 Å². The van der Waals surface area contributed by atoms with E-state index in [2.05, 4.69) is 20.7 Å². The van der Waals surface area contributed by atoms with Gasteiger partial charge < -0.3 is 10.5 Å². The zero-order valence-electron chi connectivity index (χ0n) is 12.3. The molecule has 0 aliphatic carbocycles. The van der Waals surface area contributed by atoms with E-state index in [9.17, 15) is 31.9 Å². The molecule has 3 rings (SSSR count). The van der Waals surface area contributed by atoms with Gasteiger partial charge in [0.2, 0.25) is 0 Å². The molecule has 1 aromatic carbocycles. The van der Waals surface area contributed by atoms with Crippen molar-refractivity contribution < 1.29 is 31.9 Å². The monoisotopic (exact) mass is 435 g/mol. The molecule has 1 aliphatic heterocycles. The van der Waals surface area contributed by atoms with Crippen molar-refractivity contribution in [3.8, 4) is 11.4 Å². The van der Waals surface area contributed by atoms with Gasteiger partial charge in [-0.2, -0.15) is 0 Å². The summed E-state index contributed by atoms with van der Waals surface area (Å²) in [4.78, 5) is 35.8. The second-order valence-corrected chi connectivity index (χ2v) is 5.88. The number of hydrogen-bond acceptors (Lipinski definition) is 5. The normalized spacial score (nSPS) is 13.6. The Hall–Kier alpha value is -2.89. The van der Waals surface area contributed by atoms with Crippen molar-refractivity contribution in [3.05, 3.63) is 50.0 Å². The van der Waals surface area contributed by atoms with Crippen LogP contribution in [0.4, 0.5) is 23.4 Å². The minimum absolute atomic E-state index is 0.170. The predicted molar refractivity (Wildman–Crippen MR) is 82.6 cm³/mol. The Morgan fingerprint density at radius 1 is 1.15 bits per heavy atom. The number of hydrogen-bond donors (Lipinski definition) is 2. The molecular weight excluding hydrogens is 430 g/mol. The lowest BCUT2D eigenvalue weighted by molar-refractivity contribution is -0.275. The van der Waals surface area contributed by atoms with Gasteiger partial charge in [0.25, 0.3) is 17.4 Å². The highest BCUT2D eigenvalue weighted by atomic mass is 79.9. The molecule has 0 radical (unpaired) electrons. The Bertz CT molecular complexity index is 1030. The maximum absolute atomic E-state index is 14.0. The summed E-state index contributed by atoms with van der Waals surface area (Å²) < 4.78 is 55.9. The Labute approximate surface area is 149 Å². The summed E-state index contributed by atoms with van der Waals surface area (Å²) in [5, 5.41) is 1.90. The van der Waals surface area contributed by atoms with Crippen molar-refractivity contribution in [3.63, 3.8) is 0 Å². The van der Waals surface area contributed by atoms with Gasteiger partial charge in [-0.05, 0) is 28.1 Å². The van der Waals surface area contributed by atoms with Crippen LogP contribution in [0.1, 0.15) is 20.7 Å². The van der Waals surface area contributed by atoms with Crippen LogP contribution in [0.2, 0.25) is 0 Å². The molecule has 0 unspecified atom stereocenters. The summed E-state index contributed by atoms with van der Waals surface area (Å²) in [6.07, 6.45) is -5.27. The highest BCUT2D eigenvalue weighted by Gasteiger charge is 2.37. The zero-order valence-corrected chi connectivity index (χ0v) is 13.9. The third kappa shape index (κ3) is 2.81. The van der Waals surface area contributed by atoms with Crippen LogP contribution in [-0.4, -0.2) is 22.7 Å². The molecule has 1 aliphatic rings. The number of halogens is 5. The zero-order chi connectivity index (χ0) is 19.4. The molecule has 26 heavy (non-hydrogen) atoms. The molecule has 3 N–H and O–H groups in total. The molecule has 0 saturated carbocycles. The largest absolute Gasteiger partial charge is 0.573 e. The fourth-order valence-electron chi connectivity index (χ4n) is 2.45. The smallest absolute Gasteiger partial charge is 0.400 e. The van der Waals surface area contributed by atoms with Crippen LogP contribution < -0.4 is 21.3 Å². The molecule has 0 spiro atoms. The van der Waals surface area contributed by atoms with E-state index in [0.29, 0.717) is 16.7 Å². The van der Waals surface area contributed by atoms with E-state index in [1.165, 1.54) is 0 Å².